The van der Waals surface area contributed by atoms with E-state index < -0.39 is 5.97 Å². The zero-order chi connectivity index (χ0) is 15.3. The second kappa shape index (κ2) is 11.3. The van der Waals surface area contributed by atoms with E-state index in [1.807, 2.05) is 30.3 Å². The third-order valence-corrected chi connectivity index (χ3v) is 3.31. The van der Waals surface area contributed by atoms with Crippen LogP contribution in [0.1, 0.15) is 18.4 Å². The van der Waals surface area contributed by atoms with E-state index in [9.17, 15) is 4.79 Å². The van der Waals surface area contributed by atoms with E-state index in [0.29, 0.717) is 13.2 Å². The molecule has 21 heavy (non-hydrogen) atoms. The predicted molar refractivity (Wildman–Crippen MR) is 85.2 cm³/mol. The summed E-state index contributed by atoms with van der Waals surface area (Å²) in [6, 6.07) is 9.98. The van der Waals surface area contributed by atoms with Crippen LogP contribution >= 0.6 is 15.9 Å². The summed E-state index contributed by atoms with van der Waals surface area (Å²) in [5, 5.41) is 0.909. The second-order valence-electron chi connectivity index (χ2n) is 4.42. The summed E-state index contributed by atoms with van der Waals surface area (Å²) in [4.78, 5) is 11.0. The number of carbonyl (C=O) groups excluding carboxylic acids is 1. The molecule has 1 atom stereocenters. The number of hydrogen-bond acceptors (Lipinski definition) is 4. The van der Waals surface area contributed by atoms with Crippen molar-refractivity contribution < 1.29 is 19.0 Å². The van der Waals surface area contributed by atoms with E-state index >= 15 is 0 Å². The Morgan fingerprint density at radius 3 is 2.76 bits per heavy atom. The Balaban J connectivity index is 2.35. The average Bonchev–Trinajstić information content (AvgIpc) is 2.52. The fourth-order valence-corrected chi connectivity index (χ4v) is 1.98. The van der Waals surface area contributed by atoms with Crippen molar-refractivity contribution in [3.05, 3.63) is 48.2 Å². The van der Waals surface area contributed by atoms with Crippen molar-refractivity contribution in [1.82, 2.24) is 0 Å². The fourth-order valence-electron chi connectivity index (χ4n) is 1.65. The minimum Gasteiger partial charge on any atom is -0.495 e. The smallest absolute Gasteiger partial charge is 0.333 e. The lowest BCUT2D eigenvalue weighted by molar-refractivity contribution is -0.135. The maximum Gasteiger partial charge on any atom is 0.333 e. The molecule has 5 heteroatoms. The summed E-state index contributed by atoms with van der Waals surface area (Å²) in [5.74, 6) is -0.431. The van der Waals surface area contributed by atoms with Gasteiger partial charge in [-0.1, -0.05) is 46.3 Å². The molecular weight excluding hydrogens is 336 g/mol. The van der Waals surface area contributed by atoms with Crippen LogP contribution in [0.15, 0.2) is 42.7 Å². The Labute approximate surface area is 134 Å². The van der Waals surface area contributed by atoms with Gasteiger partial charge in [-0.15, -0.1) is 0 Å². The molecule has 1 unspecified atom stereocenters. The minimum atomic E-state index is -0.431. The summed E-state index contributed by atoms with van der Waals surface area (Å²) in [5.41, 5.74) is 1.13. The molecule has 0 amide bonds. The molecule has 0 saturated carbocycles. The molecule has 0 spiro atoms. The van der Waals surface area contributed by atoms with Crippen molar-refractivity contribution in [2.45, 2.75) is 25.6 Å². The van der Waals surface area contributed by atoms with Gasteiger partial charge in [-0.2, -0.15) is 0 Å². The molecule has 0 heterocycles. The number of hydrogen-bond donors (Lipinski definition) is 0. The van der Waals surface area contributed by atoms with Gasteiger partial charge < -0.3 is 14.2 Å². The normalized spacial score (nSPS) is 12.3. The van der Waals surface area contributed by atoms with Crippen LogP contribution in [-0.2, 0) is 25.6 Å². The SMILES string of the molecule is COC(=O)/C=C/OC(CCCBr)COCc1ccccc1. The van der Waals surface area contributed by atoms with Crippen LogP contribution in [0.25, 0.3) is 0 Å². The standard InChI is InChI=1S/C16H21BrO4/c1-19-16(18)9-11-21-15(8-5-10-17)13-20-12-14-6-3-2-4-7-14/h2-4,6-7,9,11,15H,5,8,10,12-13H2,1H3/b11-9+. The molecule has 0 aromatic heterocycles. The van der Waals surface area contributed by atoms with Gasteiger partial charge in [0, 0.05) is 5.33 Å². The molecule has 0 aliphatic rings. The molecule has 0 N–H and O–H groups in total. The number of carbonyl (C=O) groups is 1. The molecule has 0 saturated heterocycles. The number of ether oxygens (including phenoxy) is 3. The molecule has 0 aliphatic heterocycles. The third kappa shape index (κ3) is 8.52. The van der Waals surface area contributed by atoms with Crippen molar-refractivity contribution in [3.8, 4) is 0 Å². The lowest BCUT2D eigenvalue weighted by Crippen LogP contribution is -2.18. The lowest BCUT2D eigenvalue weighted by atomic mass is 10.2. The summed E-state index contributed by atoms with van der Waals surface area (Å²) in [7, 11) is 1.33. The minimum absolute atomic E-state index is 0.0767. The zero-order valence-corrected chi connectivity index (χ0v) is 13.8. The van der Waals surface area contributed by atoms with Gasteiger partial charge in [-0.25, -0.2) is 4.79 Å². The Hall–Kier alpha value is -1.33. The number of rotatable bonds is 10. The molecular formula is C16H21BrO4. The number of methoxy groups -OCH3 is 1. The quantitative estimate of drug-likeness (QED) is 0.278. The Kier molecular flexibility index (Phi) is 9.57. The van der Waals surface area contributed by atoms with Gasteiger partial charge in [0.15, 0.2) is 0 Å². The van der Waals surface area contributed by atoms with Crippen LogP contribution < -0.4 is 0 Å². The van der Waals surface area contributed by atoms with Gasteiger partial charge >= 0.3 is 5.97 Å². The topological polar surface area (TPSA) is 44.8 Å². The van der Waals surface area contributed by atoms with Crippen molar-refractivity contribution in [2.24, 2.45) is 0 Å². The monoisotopic (exact) mass is 356 g/mol. The predicted octanol–water partition coefficient (Wildman–Crippen LogP) is 3.45. The lowest BCUT2D eigenvalue weighted by Gasteiger charge is -2.16. The Morgan fingerprint density at radius 1 is 1.33 bits per heavy atom. The van der Waals surface area contributed by atoms with Crippen LogP contribution in [0.4, 0.5) is 0 Å². The molecule has 1 rings (SSSR count). The van der Waals surface area contributed by atoms with E-state index in [1.165, 1.54) is 19.4 Å². The highest BCUT2D eigenvalue weighted by Crippen LogP contribution is 2.08. The van der Waals surface area contributed by atoms with Crippen molar-refractivity contribution in [3.63, 3.8) is 0 Å². The molecule has 4 nitrogen and oxygen atoms in total. The number of esters is 1. The summed E-state index contributed by atoms with van der Waals surface area (Å²) in [6.07, 6.45) is 4.39. The van der Waals surface area contributed by atoms with Crippen molar-refractivity contribution in [2.75, 3.05) is 19.0 Å². The Morgan fingerprint density at radius 2 is 2.10 bits per heavy atom. The first kappa shape index (κ1) is 17.7. The molecule has 0 fully saturated rings. The van der Waals surface area contributed by atoms with E-state index in [0.717, 1.165) is 23.7 Å². The summed E-state index contributed by atoms with van der Waals surface area (Å²) in [6.45, 7) is 1.03. The number of benzene rings is 1. The van der Waals surface area contributed by atoms with Crippen LogP contribution in [0.3, 0.4) is 0 Å². The molecule has 1 aromatic rings. The molecule has 116 valence electrons. The first-order valence-electron chi connectivity index (χ1n) is 6.84. The van der Waals surface area contributed by atoms with Crippen molar-refractivity contribution >= 4 is 21.9 Å². The third-order valence-electron chi connectivity index (χ3n) is 2.75. The van der Waals surface area contributed by atoms with Gasteiger partial charge in [0.25, 0.3) is 0 Å². The molecule has 0 aliphatic carbocycles. The number of alkyl halides is 1. The van der Waals surface area contributed by atoms with E-state index in [1.54, 1.807) is 0 Å². The first-order valence-corrected chi connectivity index (χ1v) is 7.96. The van der Waals surface area contributed by atoms with Crippen LogP contribution in [0.5, 0.6) is 0 Å². The van der Waals surface area contributed by atoms with Gasteiger partial charge in [0.1, 0.15) is 6.10 Å². The van der Waals surface area contributed by atoms with Gasteiger partial charge in [0.2, 0.25) is 0 Å². The summed E-state index contributed by atoms with van der Waals surface area (Å²) >= 11 is 3.40. The first-order chi connectivity index (χ1) is 10.3. The van der Waals surface area contributed by atoms with E-state index in [2.05, 4.69) is 20.7 Å². The van der Waals surface area contributed by atoms with Gasteiger partial charge in [0.05, 0.1) is 32.7 Å². The molecule has 1 aromatic carbocycles. The van der Waals surface area contributed by atoms with Crippen molar-refractivity contribution in [1.29, 1.82) is 0 Å². The second-order valence-corrected chi connectivity index (χ2v) is 5.21. The largest absolute Gasteiger partial charge is 0.495 e. The van der Waals surface area contributed by atoms with E-state index in [4.69, 9.17) is 9.47 Å². The zero-order valence-electron chi connectivity index (χ0n) is 12.2. The fraction of sp³-hybridized carbons (Fsp3) is 0.438. The maximum atomic E-state index is 11.0. The van der Waals surface area contributed by atoms with Crippen LogP contribution in [-0.4, -0.2) is 31.1 Å². The number of halogens is 1. The van der Waals surface area contributed by atoms with E-state index in [-0.39, 0.29) is 6.10 Å². The average molecular weight is 357 g/mol. The molecule has 0 radical (unpaired) electrons. The van der Waals surface area contributed by atoms with Gasteiger partial charge in [-0.3, -0.25) is 0 Å². The molecule has 0 bridgehead atoms. The Bertz CT molecular complexity index is 420. The maximum absolute atomic E-state index is 11.0. The summed E-state index contributed by atoms with van der Waals surface area (Å²) < 4.78 is 15.7. The highest BCUT2D eigenvalue weighted by molar-refractivity contribution is 9.09. The highest BCUT2D eigenvalue weighted by Gasteiger charge is 2.08. The van der Waals surface area contributed by atoms with Crippen LogP contribution in [0, 0.1) is 0 Å². The van der Waals surface area contributed by atoms with Gasteiger partial charge in [-0.05, 0) is 18.4 Å². The van der Waals surface area contributed by atoms with Crippen LogP contribution in [0.2, 0.25) is 0 Å². The highest BCUT2D eigenvalue weighted by atomic mass is 79.9.